The Morgan fingerprint density at radius 1 is 1.44 bits per heavy atom. The summed E-state index contributed by atoms with van der Waals surface area (Å²) in [5.74, 6) is 0.0269. The second-order valence-corrected chi connectivity index (χ2v) is 6.42. The topological polar surface area (TPSA) is 55.1 Å². The van der Waals surface area contributed by atoms with Crippen LogP contribution in [0.5, 0.6) is 0 Å². The Morgan fingerprint density at radius 3 is 2.72 bits per heavy atom. The maximum Gasteiger partial charge on any atom is 0.226 e. The molecule has 1 saturated carbocycles. The Labute approximate surface area is 122 Å². The zero-order valence-electron chi connectivity index (χ0n) is 10.6. The summed E-state index contributed by atoms with van der Waals surface area (Å²) in [6.07, 6.45) is 4.65. The van der Waals surface area contributed by atoms with Gasteiger partial charge in [-0.05, 0) is 60.1 Å². The lowest BCUT2D eigenvalue weighted by molar-refractivity contribution is -0.117. The van der Waals surface area contributed by atoms with Crippen molar-refractivity contribution in [3.8, 4) is 0 Å². The van der Waals surface area contributed by atoms with Gasteiger partial charge in [0.05, 0.1) is 0 Å². The zero-order valence-corrected chi connectivity index (χ0v) is 12.8. The molecule has 1 aliphatic carbocycles. The van der Waals surface area contributed by atoms with Crippen LogP contribution in [0.3, 0.4) is 0 Å². The molecule has 0 radical (unpaired) electrons. The maximum atomic E-state index is 12.0. The van der Waals surface area contributed by atoms with Gasteiger partial charge in [-0.3, -0.25) is 4.79 Å². The minimum absolute atomic E-state index is 0.0269. The van der Waals surface area contributed by atoms with E-state index in [1.165, 1.54) is 5.56 Å². The van der Waals surface area contributed by atoms with Crippen LogP contribution in [0.15, 0.2) is 18.2 Å². The van der Waals surface area contributed by atoms with Crippen LogP contribution in [-0.2, 0) is 4.79 Å². The number of aryl methyl sites for hydroxylation is 1. The van der Waals surface area contributed by atoms with Crippen molar-refractivity contribution in [1.29, 1.82) is 0 Å². The van der Waals surface area contributed by atoms with Crippen LogP contribution >= 0.6 is 22.6 Å². The Bertz CT molecular complexity index is 453. The standard InChI is InChI=1S/C14H19IN2O/c1-10-4-5-11(8-12(10)15)17-13(18)9-14(16)6-2-3-7-14/h4-5,8H,2-3,6-7,9,16H2,1H3,(H,17,18). The third-order valence-corrected chi connectivity index (χ3v) is 4.73. The van der Waals surface area contributed by atoms with E-state index in [2.05, 4.69) is 34.8 Å². The number of carbonyl (C=O) groups is 1. The van der Waals surface area contributed by atoms with Crippen LogP contribution in [0.1, 0.15) is 37.7 Å². The molecule has 4 heteroatoms. The second-order valence-electron chi connectivity index (χ2n) is 5.26. The van der Waals surface area contributed by atoms with Crippen LogP contribution in [0, 0.1) is 10.5 Å². The molecule has 0 aliphatic heterocycles. The van der Waals surface area contributed by atoms with Gasteiger partial charge >= 0.3 is 0 Å². The van der Waals surface area contributed by atoms with Gasteiger partial charge in [0, 0.05) is 21.2 Å². The first-order valence-corrected chi connectivity index (χ1v) is 7.41. The van der Waals surface area contributed by atoms with Crippen LogP contribution in [0.4, 0.5) is 5.69 Å². The molecular formula is C14H19IN2O. The minimum Gasteiger partial charge on any atom is -0.326 e. The Hall–Kier alpha value is -0.620. The van der Waals surface area contributed by atoms with Gasteiger partial charge in [0.1, 0.15) is 0 Å². The second kappa shape index (κ2) is 5.57. The molecule has 0 heterocycles. The molecule has 1 amide bonds. The first kappa shape index (κ1) is 13.8. The molecule has 1 aromatic rings. The summed E-state index contributed by atoms with van der Waals surface area (Å²) in [6.45, 7) is 2.06. The third-order valence-electron chi connectivity index (χ3n) is 3.57. The predicted molar refractivity (Wildman–Crippen MR) is 82.5 cm³/mol. The molecule has 1 aliphatic rings. The van der Waals surface area contributed by atoms with E-state index in [1.807, 2.05) is 18.2 Å². The van der Waals surface area contributed by atoms with E-state index in [1.54, 1.807) is 0 Å². The van der Waals surface area contributed by atoms with Gasteiger partial charge in [-0.1, -0.05) is 18.9 Å². The molecule has 0 bridgehead atoms. The fourth-order valence-electron chi connectivity index (χ4n) is 2.45. The molecule has 18 heavy (non-hydrogen) atoms. The highest BCUT2D eigenvalue weighted by molar-refractivity contribution is 14.1. The van der Waals surface area contributed by atoms with Crippen molar-refractivity contribution in [2.24, 2.45) is 5.73 Å². The van der Waals surface area contributed by atoms with Crippen LogP contribution in [-0.4, -0.2) is 11.4 Å². The van der Waals surface area contributed by atoms with Crippen molar-refractivity contribution >= 4 is 34.2 Å². The zero-order chi connectivity index (χ0) is 13.2. The molecule has 0 unspecified atom stereocenters. The van der Waals surface area contributed by atoms with Crippen molar-refractivity contribution in [1.82, 2.24) is 0 Å². The number of hydrogen-bond donors (Lipinski definition) is 2. The quantitative estimate of drug-likeness (QED) is 0.816. The summed E-state index contributed by atoms with van der Waals surface area (Å²) in [5, 5.41) is 2.94. The SMILES string of the molecule is Cc1ccc(NC(=O)CC2(N)CCCC2)cc1I. The molecule has 0 aromatic heterocycles. The Balaban J connectivity index is 1.96. The first-order chi connectivity index (χ1) is 8.48. The molecule has 2 rings (SSSR count). The molecule has 0 saturated heterocycles. The van der Waals surface area contributed by atoms with Crippen LogP contribution in [0.25, 0.3) is 0 Å². The van der Waals surface area contributed by atoms with E-state index in [0.29, 0.717) is 6.42 Å². The van der Waals surface area contributed by atoms with Crippen LogP contribution < -0.4 is 11.1 Å². The van der Waals surface area contributed by atoms with E-state index >= 15 is 0 Å². The van der Waals surface area contributed by atoms with Gasteiger partial charge in [0.25, 0.3) is 0 Å². The van der Waals surface area contributed by atoms with Crippen molar-refractivity contribution in [2.75, 3.05) is 5.32 Å². The monoisotopic (exact) mass is 358 g/mol. The number of nitrogens with two attached hydrogens (primary N) is 1. The number of hydrogen-bond acceptors (Lipinski definition) is 2. The van der Waals surface area contributed by atoms with Gasteiger partial charge in [-0.2, -0.15) is 0 Å². The van der Waals surface area contributed by atoms with Gasteiger partial charge in [0.2, 0.25) is 5.91 Å². The molecule has 1 aromatic carbocycles. The summed E-state index contributed by atoms with van der Waals surface area (Å²) in [6, 6.07) is 5.95. The summed E-state index contributed by atoms with van der Waals surface area (Å²) < 4.78 is 1.16. The van der Waals surface area contributed by atoms with Crippen molar-refractivity contribution in [2.45, 2.75) is 44.6 Å². The molecular weight excluding hydrogens is 339 g/mol. The fourth-order valence-corrected chi connectivity index (χ4v) is 2.97. The van der Waals surface area contributed by atoms with Gasteiger partial charge in [0.15, 0.2) is 0 Å². The minimum atomic E-state index is -0.276. The summed E-state index contributed by atoms with van der Waals surface area (Å²) in [7, 11) is 0. The molecule has 98 valence electrons. The van der Waals surface area contributed by atoms with Crippen molar-refractivity contribution in [3.63, 3.8) is 0 Å². The molecule has 3 N–H and O–H groups in total. The van der Waals surface area contributed by atoms with E-state index < -0.39 is 0 Å². The molecule has 3 nitrogen and oxygen atoms in total. The van der Waals surface area contributed by atoms with Crippen molar-refractivity contribution in [3.05, 3.63) is 27.3 Å². The van der Waals surface area contributed by atoms with E-state index in [0.717, 1.165) is 34.9 Å². The lowest BCUT2D eigenvalue weighted by Crippen LogP contribution is -2.40. The van der Waals surface area contributed by atoms with Gasteiger partial charge in [-0.25, -0.2) is 0 Å². The smallest absolute Gasteiger partial charge is 0.226 e. The number of carbonyl (C=O) groups excluding carboxylic acids is 1. The number of rotatable bonds is 3. The lowest BCUT2D eigenvalue weighted by atomic mass is 9.94. The number of benzene rings is 1. The number of halogens is 1. The third kappa shape index (κ3) is 3.45. The summed E-state index contributed by atoms with van der Waals surface area (Å²) >= 11 is 2.27. The number of anilines is 1. The van der Waals surface area contributed by atoms with Gasteiger partial charge < -0.3 is 11.1 Å². The fraction of sp³-hybridized carbons (Fsp3) is 0.500. The van der Waals surface area contributed by atoms with E-state index in [4.69, 9.17) is 5.73 Å². The highest BCUT2D eigenvalue weighted by Crippen LogP contribution is 2.30. The molecule has 0 spiro atoms. The molecule has 0 atom stereocenters. The molecule has 1 fully saturated rings. The van der Waals surface area contributed by atoms with Gasteiger partial charge in [-0.15, -0.1) is 0 Å². The summed E-state index contributed by atoms with van der Waals surface area (Å²) in [4.78, 5) is 12.0. The predicted octanol–water partition coefficient (Wildman–Crippen LogP) is 3.20. The maximum absolute atomic E-state index is 12.0. The summed E-state index contributed by atoms with van der Waals surface area (Å²) in [5.41, 5.74) is 8.01. The number of nitrogens with one attached hydrogen (secondary N) is 1. The highest BCUT2D eigenvalue weighted by atomic mass is 127. The average Bonchev–Trinajstić information content (AvgIpc) is 2.70. The van der Waals surface area contributed by atoms with Crippen molar-refractivity contribution < 1.29 is 4.79 Å². The first-order valence-electron chi connectivity index (χ1n) is 6.33. The van der Waals surface area contributed by atoms with E-state index in [9.17, 15) is 4.79 Å². The lowest BCUT2D eigenvalue weighted by Gasteiger charge is -2.22. The van der Waals surface area contributed by atoms with E-state index in [-0.39, 0.29) is 11.4 Å². The largest absolute Gasteiger partial charge is 0.326 e. The normalized spacial score (nSPS) is 17.7. The average molecular weight is 358 g/mol. The Morgan fingerprint density at radius 2 is 2.11 bits per heavy atom. The Kier molecular flexibility index (Phi) is 4.27. The van der Waals surface area contributed by atoms with Crippen LogP contribution in [0.2, 0.25) is 0 Å². The highest BCUT2D eigenvalue weighted by Gasteiger charge is 2.31. The number of amides is 1.